The van der Waals surface area contributed by atoms with Gasteiger partial charge in [0.15, 0.2) is 11.6 Å². The van der Waals surface area contributed by atoms with Crippen LogP contribution in [0.2, 0.25) is 0 Å². The summed E-state index contributed by atoms with van der Waals surface area (Å²) in [6.45, 7) is 4.11. The largest absolute Gasteiger partial charge is 0.506 e. The van der Waals surface area contributed by atoms with Gasteiger partial charge < -0.3 is 5.11 Å². The molecule has 1 saturated heterocycles. The number of aryl methyl sites for hydroxylation is 1. The van der Waals surface area contributed by atoms with Crippen molar-refractivity contribution in [3.63, 3.8) is 0 Å². The number of Topliss-reactive ketones (excluding diaryl/α,β-unsaturated/α-hetero) is 2. The topological polar surface area (TPSA) is 54.4 Å². The van der Waals surface area contributed by atoms with E-state index in [-0.39, 0.29) is 27.0 Å². The Bertz CT molecular complexity index is 817. The van der Waals surface area contributed by atoms with E-state index in [1.807, 2.05) is 48.3 Å². The van der Waals surface area contributed by atoms with Gasteiger partial charge in [0.2, 0.25) is 0 Å². The summed E-state index contributed by atoms with van der Waals surface area (Å²) in [7, 11) is 0. The van der Waals surface area contributed by atoms with E-state index >= 15 is 0 Å². The third-order valence-corrected chi connectivity index (χ3v) is 10.1. The highest BCUT2D eigenvalue weighted by molar-refractivity contribution is 8.20. The average Bonchev–Trinajstić information content (AvgIpc) is 3.06. The number of allylic oxidation sites excluding steroid dienone is 1. The Morgan fingerprint density at radius 2 is 1.73 bits per heavy atom. The molecule has 4 rings (SSSR count). The Hall–Kier alpha value is -0.850. The van der Waals surface area contributed by atoms with Gasteiger partial charge in [-0.05, 0) is 49.4 Å². The SMILES string of the molecule is Cc1cc(C(O)=C2C(=O)CCCC2=O)c(C)c2c1SCCC21SCCS1. The van der Waals surface area contributed by atoms with Crippen LogP contribution >= 0.6 is 35.3 Å². The van der Waals surface area contributed by atoms with Crippen LogP contribution in [0.25, 0.3) is 5.76 Å². The summed E-state index contributed by atoms with van der Waals surface area (Å²) >= 11 is 5.90. The highest BCUT2D eigenvalue weighted by Gasteiger charge is 2.43. The Morgan fingerprint density at radius 1 is 1.08 bits per heavy atom. The minimum Gasteiger partial charge on any atom is -0.506 e. The van der Waals surface area contributed by atoms with Crippen molar-refractivity contribution in [1.29, 1.82) is 0 Å². The number of hydrogen-bond acceptors (Lipinski definition) is 6. The van der Waals surface area contributed by atoms with E-state index in [4.69, 9.17) is 0 Å². The maximum absolute atomic E-state index is 12.3. The van der Waals surface area contributed by atoms with Crippen molar-refractivity contribution in [1.82, 2.24) is 0 Å². The fourth-order valence-electron chi connectivity index (χ4n) is 4.15. The molecule has 1 aliphatic carbocycles. The molecular weight excluding hydrogens is 384 g/mol. The number of hydrogen-bond donors (Lipinski definition) is 1. The van der Waals surface area contributed by atoms with Gasteiger partial charge in [0.25, 0.3) is 0 Å². The second-order valence-electron chi connectivity index (χ2n) is 7.04. The minimum absolute atomic E-state index is 0.0166. The number of thioether (sulfide) groups is 3. The molecule has 138 valence electrons. The van der Waals surface area contributed by atoms with E-state index < -0.39 is 0 Å². The van der Waals surface area contributed by atoms with E-state index in [2.05, 4.69) is 6.92 Å². The molecule has 6 heteroatoms. The summed E-state index contributed by atoms with van der Waals surface area (Å²) in [5.41, 5.74) is 4.13. The van der Waals surface area contributed by atoms with E-state index in [0.717, 1.165) is 34.8 Å². The Labute approximate surface area is 166 Å². The van der Waals surface area contributed by atoms with Crippen LogP contribution in [0.1, 0.15) is 47.9 Å². The normalized spacial score (nSPS) is 22.0. The lowest BCUT2D eigenvalue weighted by Gasteiger charge is -2.37. The van der Waals surface area contributed by atoms with Gasteiger partial charge in [0.1, 0.15) is 11.3 Å². The van der Waals surface area contributed by atoms with Gasteiger partial charge in [-0.1, -0.05) is 0 Å². The molecule has 0 unspecified atom stereocenters. The van der Waals surface area contributed by atoms with Crippen LogP contribution in [0.4, 0.5) is 0 Å². The van der Waals surface area contributed by atoms with Gasteiger partial charge in [0.05, 0.1) is 4.08 Å². The van der Waals surface area contributed by atoms with Gasteiger partial charge in [-0.25, -0.2) is 0 Å². The van der Waals surface area contributed by atoms with Crippen LogP contribution in [-0.4, -0.2) is 33.9 Å². The lowest BCUT2D eigenvalue weighted by Crippen LogP contribution is -2.24. The van der Waals surface area contributed by atoms with Crippen LogP contribution in [-0.2, 0) is 13.7 Å². The first kappa shape index (κ1) is 18.5. The predicted octanol–water partition coefficient (Wildman–Crippen LogP) is 5.02. The van der Waals surface area contributed by atoms with Gasteiger partial charge in [0, 0.05) is 40.6 Å². The van der Waals surface area contributed by atoms with Crippen LogP contribution in [0.3, 0.4) is 0 Å². The highest BCUT2D eigenvalue weighted by Crippen LogP contribution is 2.61. The molecule has 26 heavy (non-hydrogen) atoms. The maximum atomic E-state index is 12.3. The van der Waals surface area contributed by atoms with Crippen molar-refractivity contribution in [2.75, 3.05) is 17.3 Å². The van der Waals surface area contributed by atoms with Gasteiger partial charge in [-0.2, -0.15) is 0 Å². The fraction of sp³-hybridized carbons (Fsp3) is 0.500. The molecule has 0 bridgehead atoms. The summed E-state index contributed by atoms with van der Waals surface area (Å²) in [6.07, 6.45) is 2.39. The molecule has 0 aromatic heterocycles. The minimum atomic E-state index is -0.220. The molecular formula is C20H22O3S3. The van der Waals surface area contributed by atoms with Crippen LogP contribution in [0.15, 0.2) is 16.5 Å². The molecule has 1 spiro atoms. The monoisotopic (exact) mass is 406 g/mol. The summed E-state index contributed by atoms with van der Waals surface area (Å²) < 4.78 is 0.0525. The van der Waals surface area contributed by atoms with Crippen molar-refractivity contribution in [3.05, 3.63) is 33.9 Å². The first-order valence-electron chi connectivity index (χ1n) is 9.00. The Kier molecular flexibility index (Phi) is 4.95. The smallest absolute Gasteiger partial charge is 0.170 e. The number of carbonyl (C=O) groups excluding carboxylic acids is 2. The average molecular weight is 407 g/mol. The lowest BCUT2D eigenvalue weighted by molar-refractivity contribution is -0.123. The Morgan fingerprint density at radius 3 is 2.38 bits per heavy atom. The first-order chi connectivity index (χ1) is 12.4. The third-order valence-electron chi connectivity index (χ3n) is 5.39. The highest BCUT2D eigenvalue weighted by atomic mass is 32.2. The summed E-state index contributed by atoms with van der Waals surface area (Å²) in [5, 5.41) is 10.9. The summed E-state index contributed by atoms with van der Waals surface area (Å²) in [4.78, 5) is 25.9. The van der Waals surface area contributed by atoms with Crippen LogP contribution in [0.5, 0.6) is 0 Å². The number of aliphatic hydroxyl groups is 1. The van der Waals surface area contributed by atoms with E-state index in [1.54, 1.807) is 0 Å². The van der Waals surface area contributed by atoms with Crippen molar-refractivity contribution in [3.8, 4) is 0 Å². The molecule has 1 aromatic rings. The van der Waals surface area contributed by atoms with E-state index in [0.29, 0.717) is 24.8 Å². The molecule has 2 aliphatic heterocycles. The third kappa shape index (κ3) is 2.85. The van der Waals surface area contributed by atoms with E-state index in [1.165, 1.54) is 10.5 Å². The number of benzene rings is 1. The van der Waals surface area contributed by atoms with Crippen molar-refractivity contribution in [2.45, 2.75) is 48.5 Å². The molecule has 0 radical (unpaired) electrons. The van der Waals surface area contributed by atoms with Gasteiger partial charge in [-0.15, -0.1) is 35.3 Å². The zero-order chi connectivity index (χ0) is 18.5. The molecule has 1 aromatic carbocycles. The predicted molar refractivity (Wildman–Crippen MR) is 111 cm³/mol. The molecule has 0 atom stereocenters. The Balaban J connectivity index is 1.93. The first-order valence-corrected chi connectivity index (χ1v) is 12.0. The van der Waals surface area contributed by atoms with Crippen LogP contribution < -0.4 is 0 Å². The van der Waals surface area contributed by atoms with Crippen molar-refractivity contribution in [2.24, 2.45) is 0 Å². The second kappa shape index (κ2) is 6.95. The zero-order valence-corrected chi connectivity index (χ0v) is 17.5. The van der Waals surface area contributed by atoms with Crippen LogP contribution in [0, 0.1) is 13.8 Å². The van der Waals surface area contributed by atoms with E-state index in [9.17, 15) is 14.7 Å². The number of rotatable bonds is 1. The number of fused-ring (bicyclic) bond motifs is 2. The van der Waals surface area contributed by atoms with Crippen molar-refractivity contribution >= 4 is 52.6 Å². The zero-order valence-electron chi connectivity index (χ0n) is 15.0. The number of aliphatic hydroxyl groups excluding tert-OH is 1. The fourth-order valence-corrected chi connectivity index (χ4v) is 9.36. The molecule has 1 N–H and O–H groups in total. The molecule has 2 fully saturated rings. The number of carbonyl (C=O) groups is 2. The molecule has 3 nitrogen and oxygen atoms in total. The van der Waals surface area contributed by atoms with Crippen molar-refractivity contribution < 1.29 is 14.7 Å². The lowest BCUT2D eigenvalue weighted by atomic mass is 9.87. The van der Waals surface area contributed by atoms with Gasteiger partial charge in [-0.3, -0.25) is 9.59 Å². The molecule has 2 heterocycles. The number of ketones is 2. The molecule has 1 saturated carbocycles. The standard InChI is InChI=1S/C20H22O3S3/c1-11-10-13(18(23)16-14(21)4-3-5-15(16)22)12(2)17-19(11)24-7-6-20(17)25-8-9-26-20/h10,23H,3-9H2,1-2H3. The maximum Gasteiger partial charge on any atom is 0.170 e. The summed E-state index contributed by atoms with van der Waals surface area (Å²) in [6, 6.07) is 1.96. The van der Waals surface area contributed by atoms with Gasteiger partial charge >= 0.3 is 0 Å². The summed E-state index contributed by atoms with van der Waals surface area (Å²) in [5.74, 6) is 2.84. The molecule has 3 aliphatic rings. The molecule has 0 amide bonds. The quantitative estimate of drug-likeness (QED) is 0.401. The second-order valence-corrected chi connectivity index (χ2v) is 11.2.